The fourth-order valence-corrected chi connectivity index (χ4v) is 4.16. The lowest BCUT2D eigenvalue weighted by Crippen LogP contribution is -2.39. The third-order valence-corrected chi connectivity index (χ3v) is 5.70. The Labute approximate surface area is 182 Å². The van der Waals surface area contributed by atoms with Crippen LogP contribution in [-0.4, -0.2) is 51.1 Å². The summed E-state index contributed by atoms with van der Waals surface area (Å²) in [4.78, 5) is 19.0. The van der Waals surface area contributed by atoms with Gasteiger partial charge in [0.2, 0.25) is 12.7 Å². The number of nitrogens with zero attached hydrogens (tertiary/aromatic N) is 4. The highest BCUT2D eigenvalue weighted by atomic mass is 19.1. The number of hydrogen-bond donors (Lipinski definition) is 1. The van der Waals surface area contributed by atoms with Gasteiger partial charge in [0.1, 0.15) is 17.7 Å². The molecule has 1 fully saturated rings. The zero-order valence-electron chi connectivity index (χ0n) is 17.3. The lowest BCUT2D eigenvalue weighted by atomic mass is 10.1. The second kappa shape index (κ2) is 8.19. The smallest absolute Gasteiger partial charge is 0.241 e. The van der Waals surface area contributed by atoms with E-state index in [9.17, 15) is 13.6 Å². The summed E-state index contributed by atoms with van der Waals surface area (Å²) in [6.45, 7) is 0.432. The molecule has 0 saturated carbocycles. The number of fused-ring (bicyclic) bond motifs is 1. The number of alkyl halides is 1. The molecule has 1 amide bonds. The van der Waals surface area contributed by atoms with Crippen LogP contribution in [0, 0.1) is 5.82 Å². The van der Waals surface area contributed by atoms with Crippen LogP contribution in [-0.2, 0) is 18.4 Å². The molecule has 0 bridgehead atoms. The number of ether oxygens (including phenoxy) is 2. The Morgan fingerprint density at radius 3 is 2.91 bits per heavy atom. The molecule has 4 heterocycles. The molecule has 1 N–H and O–H groups in total. The van der Waals surface area contributed by atoms with E-state index in [-0.39, 0.29) is 26.3 Å². The number of rotatable bonds is 5. The highest BCUT2D eigenvalue weighted by Gasteiger charge is 2.38. The molecule has 0 unspecified atom stereocenters. The number of carbonyl (C=O) groups is 1. The summed E-state index contributed by atoms with van der Waals surface area (Å²) >= 11 is 0. The van der Waals surface area contributed by atoms with Gasteiger partial charge in [-0.1, -0.05) is 0 Å². The summed E-state index contributed by atoms with van der Waals surface area (Å²) in [5.41, 5.74) is 1.88. The third-order valence-electron chi connectivity index (χ3n) is 5.70. The van der Waals surface area contributed by atoms with E-state index in [1.165, 1.54) is 6.07 Å². The van der Waals surface area contributed by atoms with E-state index < -0.39 is 23.9 Å². The van der Waals surface area contributed by atoms with Crippen LogP contribution in [0.5, 0.6) is 11.5 Å². The van der Waals surface area contributed by atoms with Crippen LogP contribution in [0.15, 0.2) is 42.7 Å². The van der Waals surface area contributed by atoms with Crippen LogP contribution in [0.1, 0.15) is 12.1 Å². The third kappa shape index (κ3) is 3.77. The Morgan fingerprint density at radius 1 is 1.25 bits per heavy atom. The summed E-state index contributed by atoms with van der Waals surface area (Å²) in [5, 5.41) is 6.76. The van der Waals surface area contributed by atoms with Gasteiger partial charge in [-0.05, 0) is 24.3 Å². The zero-order valence-corrected chi connectivity index (χ0v) is 17.3. The Balaban J connectivity index is 1.32. The van der Waals surface area contributed by atoms with Crippen molar-refractivity contribution in [1.82, 2.24) is 19.7 Å². The average Bonchev–Trinajstić information content (AvgIpc) is 3.49. The predicted octanol–water partition coefficient (Wildman–Crippen LogP) is 2.90. The van der Waals surface area contributed by atoms with Crippen molar-refractivity contribution in [2.24, 2.45) is 7.05 Å². The number of likely N-dealkylation sites (tertiary alicyclic amines) is 1. The molecule has 8 nitrogen and oxygen atoms in total. The van der Waals surface area contributed by atoms with E-state index in [1.54, 1.807) is 53.3 Å². The fraction of sp³-hybridized carbons (Fsp3) is 0.318. The molecule has 10 heteroatoms. The van der Waals surface area contributed by atoms with Gasteiger partial charge in [0.05, 0.1) is 11.7 Å². The maximum absolute atomic E-state index is 14.7. The van der Waals surface area contributed by atoms with Crippen molar-refractivity contribution in [3.8, 4) is 22.8 Å². The first-order valence-corrected chi connectivity index (χ1v) is 10.2. The van der Waals surface area contributed by atoms with Crippen molar-refractivity contribution < 1.29 is 23.0 Å². The first-order chi connectivity index (χ1) is 15.5. The number of hydrogen-bond acceptors (Lipinski definition) is 6. The van der Waals surface area contributed by atoms with Crippen molar-refractivity contribution in [1.29, 1.82) is 0 Å². The molecule has 1 aromatic carbocycles. The normalized spacial score (nSPS) is 20.0. The van der Waals surface area contributed by atoms with E-state index in [2.05, 4.69) is 15.4 Å². The summed E-state index contributed by atoms with van der Waals surface area (Å²) in [5.74, 6) is 0.208. The van der Waals surface area contributed by atoms with Gasteiger partial charge in [0.25, 0.3) is 0 Å². The standard InChI is InChI=1S/C22H21F2N5O3/c1-28-18(4-7-26-28)15-3-2-14(9-16(15)24)27-22(30)19-8-13(23)10-29(19)11-17-21-20(5-6-25-17)31-12-32-21/h2-7,9,13,19H,8,10-12H2,1H3,(H,27,30)/t13-,19+/m0/s1. The summed E-state index contributed by atoms with van der Waals surface area (Å²) in [6, 6.07) is 7.14. The van der Waals surface area contributed by atoms with Gasteiger partial charge in [-0.3, -0.25) is 19.4 Å². The largest absolute Gasteiger partial charge is 0.453 e. The maximum atomic E-state index is 14.7. The number of halogens is 2. The number of carbonyl (C=O) groups excluding carboxylic acids is 1. The van der Waals surface area contributed by atoms with Crippen molar-refractivity contribution in [2.45, 2.75) is 25.2 Å². The zero-order chi connectivity index (χ0) is 22.2. The predicted molar refractivity (Wildman–Crippen MR) is 111 cm³/mol. The molecule has 2 aliphatic heterocycles. The van der Waals surface area contributed by atoms with E-state index in [1.807, 2.05) is 0 Å². The molecule has 2 aromatic heterocycles. The van der Waals surface area contributed by atoms with Crippen LogP contribution < -0.4 is 14.8 Å². The van der Waals surface area contributed by atoms with E-state index in [0.717, 1.165) is 0 Å². The quantitative estimate of drug-likeness (QED) is 0.656. The number of aromatic nitrogens is 3. The molecule has 0 spiro atoms. The fourth-order valence-electron chi connectivity index (χ4n) is 4.16. The molecular weight excluding hydrogens is 420 g/mol. The summed E-state index contributed by atoms with van der Waals surface area (Å²) < 4.78 is 41.3. The second-order valence-corrected chi connectivity index (χ2v) is 7.79. The molecule has 166 valence electrons. The average molecular weight is 441 g/mol. The number of anilines is 1. The van der Waals surface area contributed by atoms with E-state index in [0.29, 0.717) is 34.1 Å². The van der Waals surface area contributed by atoms with Crippen molar-refractivity contribution in [2.75, 3.05) is 18.7 Å². The molecule has 5 rings (SSSR count). The first-order valence-electron chi connectivity index (χ1n) is 10.2. The maximum Gasteiger partial charge on any atom is 0.241 e. The monoisotopic (exact) mass is 441 g/mol. The van der Waals surface area contributed by atoms with Gasteiger partial charge in [-0.15, -0.1) is 0 Å². The first kappa shape index (κ1) is 20.4. The molecule has 1 saturated heterocycles. The van der Waals surface area contributed by atoms with Gasteiger partial charge >= 0.3 is 0 Å². The lowest BCUT2D eigenvalue weighted by Gasteiger charge is -2.23. The molecule has 2 aliphatic rings. The molecule has 3 aromatic rings. The van der Waals surface area contributed by atoms with Crippen LogP contribution >= 0.6 is 0 Å². The minimum absolute atomic E-state index is 0.0494. The summed E-state index contributed by atoms with van der Waals surface area (Å²) in [7, 11) is 1.72. The highest BCUT2D eigenvalue weighted by molar-refractivity contribution is 5.95. The van der Waals surface area contributed by atoms with Crippen LogP contribution in [0.4, 0.5) is 14.5 Å². The molecule has 2 atom stereocenters. The Morgan fingerprint density at radius 2 is 2.12 bits per heavy atom. The number of aryl methyl sites for hydroxylation is 1. The molecule has 0 aliphatic carbocycles. The van der Waals surface area contributed by atoms with Crippen LogP contribution in [0.2, 0.25) is 0 Å². The molecule has 32 heavy (non-hydrogen) atoms. The van der Waals surface area contributed by atoms with Gasteiger partial charge < -0.3 is 14.8 Å². The van der Waals surface area contributed by atoms with Crippen molar-refractivity contribution in [3.05, 3.63) is 54.2 Å². The van der Waals surface area contributed by atoms with E-state index in [4.69, 9.17) is 9.47 Å². The van der Waals surface area contributed by atoms with Gasteiger partial charge in [-0.25, -0.2) is 8.78 Å². The minimum Gasteiger partial charge on any atom is -0.453 e. The number of benzene rings is 1. The summed E-state index contributed by atoms with van der Waals surface area (Å²) in [6.07, 6.45) is 2.07. The molecule has 0 radical (unpaired) electrons. The van der Waals surface area contributed by atoms with E-state index >= 15 is 0 Å². The Hall–Kier alpha value is -3.53. The Bertz CT molecular complexity index is 1170. The lowest BCUT2D eigenvalue weighted by molar-refractivity contribution is -0.120. The second-order valence-electron chi connectivity index (χ2n) is 7.79. The highest BCUT2D eigenvalue weighted by Crippen LogP contribution is 2.36. The van der Waals surface area contributed by atoms with Gasteiger partial charge in [0, 0.05) is 56.3 Å². The minimum atomic E-state index is -1.15. The van der Waals surface area contributed by atoms with Crippen LogP contribution in [0.3, 0.4) is 0 Å². The van der Waals surface area contributed by atoms with Crippen molar-refractivity contribution >= 4 is 11.6 Å². The SMILES string of the molecule is Cn1nccc1-c1ccc(NC(=O)[C@H]2C[C@H](F)CN2Cc2nccc3c2OCO3)cc1F. The number of nitrogens with one attached hydrogen (secondary N) is 1. The Kier molecular flexibility index (Phi) is 5.22. The number of amides is 1. The van der Waals surface area contributed by atoms with Gasteiger partial charge in [-0.2, -0.15) is 5.10 Å². The van der Waals surface area contributed by atoms with Gasteiger partial charge in [0.15, 0.2) is 11.5 Å². The van der Waals surface area contributed by atoms with Crippen molar-refractivity contribution in [3.63, 3.8) is 0 Å². The van der Waals surface area contributed by atoms with Crippen LogP contribution in [0.25, 0.3) is 11.3 Å². The number of pyridine rings is 1. The molecular formula is C22H21F2N5O3. The topological polar surface area (TPSA) is 81.5 Å².